The number of rotatable bonds is 1. The van der Waals surface area contributed by atoms with E-state index in [2.05, 4.69) is 4.98 Å². The molecule has 0 amide bonds. The van der Waals surface area contributed by atoms with Crippen LogP contribution in [-0.4, -0.2) is 9.55 Å². The van der Waals surface area contributed by atoms with E-state index in [9.17, 15) is 8.78 Å². The summed E-state index contributed by atoms with van der Waals surface area (Å²) in [4.78, 5) is 3.87. The Labute approximate surface area is 85.2 Å². The minimum Gasteiger partial charge on any atom is -0.383 e. The Hall–Kier alpha value is -1.91. The number of aromatic nitrogens is 2. The van der Waals surface area contributed by atoms with Gasteiger partial charge in [0.1, 0.15) is 23.1 Å². The molecule has 0 spiro atoms. The number of hydrogen-bond acceptors (Lipinski definition) is 2. The summed E-state index contributed by atoms with van der Waals surface area (Å²) < 4.78 is 28.3. The summed E-state index contributed by atoms with van der Waals surface area (Å²) in [5, 5.41) is 0. The number of aryl methyl sites for hydroxylation is 1. The normalized spacial score (nSPS) is 10.6. The SMILES string of the molecule is Cn1cnc(-c2c(F)cccc2F)c1N. The first-order valence-corrected chi connectivity index (χ1v) is 4.32. The minimum atomic E-state index is -0.666. The van der Waals surface area contributed by atoms with Crippen molar-refractivity contribution < 1.29 is 8.78 Å². The molecule has 0 saturated carbocycles. The molecule has 78 valence electrons. The average molecular weight is 209 g/mol. The molecule has 2 rings (SSSR count). The Kier molecular flexibility index (Phi) is 2.15. The van der Waals surface area contributed by atoms with Crippen molar-refractivity contribution in [2.75, 3.05) is 5.73 Å². The molecule has 0 aliphatic carbocycles. The topological polar surface area (TPSA) is 43.8 Å². The molecular formula is C10H9F2N3. The fourth-order valence-electron chi connectivity index (χ4n) is 1.36. The van der Waals surface area contributed by atoms with Gasteiger partial charge in [0.15, 0.2) is 0 Å². The van der Waals surface area contributed by atoms with E-state index in [1.807, 2.05) is 0 Å². The van der Waals surface area contributed by atoms with Gasteiger partial charge >= 0.3 is 0 Å². The zero-order valence-corrected chi connectivity index (χ0v) is 8.04. The molecule has 0 bridgehead atoms. The predicted molar refractivity (Wildman–Crippen MR) is 53.0 cm³/mol. The van der Waals surface area contributed by atoms with Gasteiger partial charge in [0.2, 0.25) is 0 Å². The van der Waals surface area contributed by atoms with Crippen molar-refractivity contribution in [3.63, 3.8) is 0 Å². The molecule has 0 fully saturated rings. The Balaban J connectivity index is 2.69. The third-order valence-electron chi connectivity index (χ3n) is 2.18. The van der Waals surface area contributed by atoms with Crippen LogP contribution >= 0.6 is 0 Å². The van der Waals surface area contributed by atoms with E-state index in [1.54, 1.807) is 7.05 Å². The zero-order valence-electron chi connectivity index (χ0n) is 8.04. The minimum absolute atomic E-state index is 0.133. The lowest BCUT2D eigenvalue weighted by Gasteiger charge is -2.03. The third-order valence-corrected chi connectivity index (χ3v) is 2.18. The summed E-state index contributed by atoms with van der Waals surface area (Å²) in [6.45, 7) is 0. The fraction of sp³-hybridized carbons (Fsp3) is 0.100. The van der Waals surface area contributed by atoms with Gasteiger partial charge in [-0.1, -0.05) is 6.07 Å². The second kappa shape index (κ2) is 3.34. The summed E-state index contributed by atoms with van der Waals surface area (Å²) in [7, 11) is 1.66. The van der Waals surface area contributed by atoms with E-state index in [1.165, 1.54) is 29.1 Å². The molecule has 0 saturated heterocycles. The number of halogens is 2. The second-order valence-electron chi connectivity index (χ2n) is 3.19. The van der Waals surface area contributed by atoms with E-state index < -0.39 is 11.6 Å². The quantitative estimate of drug-likeness (QED) is 0.780. The summed E-state index contributed by atoms with van der Waals surface area (Å²) in [5.74, 6) is -1.10. The standard InChI is InChI=1S/C10H9F2N3/c1-15-5-14-9(10(15)13)8-6(11)3-2-4-7(8)12/h2-5H,13H2,1H3. The van der Waals surface area contributed by atoms with Crippen LogP contribution in [0.2, 0.25) is 0 Å². The highest BCUT2D eigenvalue weighted by atomic mass is 19.1. The van der Waals surface area contributed by atoms with Crippen molar-refractivity contribution in [3.8, 4) is 11.3 Å². The van der Waals surface area contributed by atoms with Gasteiger partial charge in [-0.3, -0.25) is 0 Å². The molecule has 1 aromatic carbocycles. The molecule has 1 heterocycles. The van der Waals surface area contributed by atoms with E-state index in [0.29, 0.717) is 0 Å². The zero-order chi connectivity index (χ0) is 11.0. The highest BCUT2D eigenvalue weighted by Gasteiger charge is 2.16. The Morgan fingerprint density at radius 2 is 1.87 bits per heavy atom. The van der Waals surface area contributed by atoms with Gasteiger partial charge in [-0.05, 0) is 12.1 Å². The number of benzene rings is 1. The van der Waals surface area contributed by atoms with E-state index >= 15 is 0 Å². The van der Waals surface area contributed by atoms with Crippen molar-refractivity contribution in [2.45, 2.75) is 0 Å². The van der Waals surface area contributed by atoms with Crippen LogP contribution in [0.15, 0.2) is 24.5 Å². The molecule has 0 atom stereocenters. The third kappa shape index (κ3) is 1.45. The number of nitrogen functional groups attached to an aromatic ring is 1. The first-order valence-electron chi connectivity index (χ1n) is 4.32. The molecule has 0 unspecified atom stereocenters. The maximum Gasteiger partial charge on any atom is 0.135 e. The van der Waals surface area contributed by atoms with Crippen LogP contribution < -0.4 is 5.73 Å². The number of anilines is 1. The van der Waals surface area contributed by atoms with Crippen LogP contribution in [0.3, 0.4) is 0 Å². The predicted octanol–water partition coefficient (Wildman–Crippen LogP) is 1.95. The van der Waals surface area contributed by atoms with Crippen LogP contribution in [0.25, 0.3) is 11.3 Å². The van der Waals surface area contributed by atoms with Gasteiger partial charge in [0.05, 0.1) is 11.9 Å². The molecule has 5 heteroatoms. The molecule has 0 aliphatic heterocycles. The maximum atomic E-state index is 13.4. The lowest BCUT2D eigenvalue weighted by Crippen LogP contribution is -1.98. The Morgan fingerprint density at radius 1 is 1.27 bits per heavy atom. The fourth-order valence-corrected chi connectivity index (χ4v) is 1.36. The number of nitrogens with two attached hydrogens (primary N) is 1. The molecule has 3 nitrogen and oxygen atoms in total. The molecular weight excluding hydrogens is 200 g/mol. The smallest absolute Gasteiger partial charge is 0.135 e. The van der Waals surface area contributed by atoms with Gasteiger partial charge < -0.3 is 10.3 Å². The number of nitrogens with zero attached hydrogens (tertiary/aromatic N) is 2. The largest absolute Gasteiger partial charge is 0.383 e. The monoisotopic (exact) mass is 209 g/mol. The van der Waals surface area contributed by atoms with Crippen molar-refractivity contribution in [2.24, 2.45) is 7.05 Å². The van der Waals surface area contributed by atoms with Crippen LogP contribution in [0.4, 0.5) is 14.6 Å². The average Bonchev–Trinajstić information content (AvgIpc) is 2.49. The van der Waals surface area contributed by atoms with Gasteiger partial charge in [-0.2, -0.15) is 0 Å². The van der Waals surface area contributed by atoms with Crippen LogP contribution in [0.5, 0.6) is 0 Å². The molecule has 2 aromatic rings. The first kappa shape index (κ1) is 9.64. The highest BCUT2D eigenvalue weighted by molar-refractivity contribution is 5.71. The van der Waals surface area contributed by atoms with Crippen molar-refractivity contribution in [1.29, 1.82) is 0 Å². The van der Waals surface area contributed by atoms with Crippen LogP contribution in [-0.2, 0) is 7.05 Å². The second-order valence-corrected chi connectivity index (χ2v) is 3.19. The van der Waals surface area contributed by atoms with Crippen LogP contribution in [0, 0.1) is 11.6 Å². The summed E-state index contributed by atoms with van der Waals surface area (Å²) in [6.07, 6.45) is 1.41. The van der Waals surface area contributed by atoms with Gasteiger partial charge in [0.25, 0.3) is 0 Å². The van der Waals surface area contributed by atoms with E-state index in [-0.39, 0.29) is 17.1 Å². The summed E-state index contributed by atoms with van der Waals surface area (Å²) in [6, 6.07) is 3.65. The molecule has 0 aliphatic rings. The molecule has 0 radical (unpaired) electrons. The van der Waals surface area contributed by atoms with Crippen molar-refractivity contribution in [3.05, 3.63) is 36.2 Å². The maximum absolute atomic E-state index is 13.4. The van der Waals surface area contributed by atoms with Crippen LogP contribution in [0.1, 0.15) is 0 Å². The lowest BCUT2D eigenvalue weighted by molar-refractivity contribution is 0.589. The molecule has 2 N–H and O–H groups in total. The Morgan fingerprint density at radius 3 is 2.33 bits per heavy atom. The highest BCUT2D eigenvalue weighted by Crippen LogP contribution is 2.28. The van der Waals surface area contributed by atoms with Crippen molar-refractivity contribution in [1.82, 2.24) is 9.55 Å². The van der Waals surface area contributed by atoms with E-state index in [4.69, 9.17) is 5.73 Å². The lowest BCUT2D eigenvalue weighted by atomic mass is 10.1. The summed E-state index contributed by atoms with van der Waals surface area (Å²) >= 11 is 0. The Bertz CT molecular complexity index is 485. The summed E-state index contributed by atoms with van der Waals surface area (Å²) in [5.41, 5.74) is 5.59. The van der Waals surface area contributed by atoms with Gasteiger partial charge in [-0.15, -0.1) is 0 Å². The molecule has 1 aromatic heterocycles. The first-order chi connectivity index (χ1) is 7.11. The number of imidazole rings is 1. The molecule has 15 heavy (non-hydrogen) atoms. The van der Waals surface area contributed by atoms with Gasteiger partial charge in [0, 0.05) is 7.05 Å². The van der Waals surface area contributed by atoms with Gasteiger partial charge in [-0.25, -0.2) is 13.8 Å². The number of hydrogen-bond donors (Lipinski definition) is 1. The van der Waals surface area contributed by atoms with E-state index in [0.717, 1.165) is 0 Å². The van der Waals surface area contributed by atoms with Crippen molar-refractivity contribution >= 4 is 5.82 Å².